The summed E-state index contributed by atoms with van der Waals surface area (Å²) in [5.41, 5.74) is 4.12. The molecule has 0 radical (unpaired) electrons. The van der Waals surface area contributed by atoms with Gasteiger partial charge in [-0.1, -0.05) is 0 Å². The number of rotatable bonds is 5. The van der Waals surface area contributed by atoms with Crippen LogP contribution in [0.25, 0.3) is 10.9 Å². The predicted octanol–water partition coefficient (Wildman–Crippen LogP) is 4.99. The molecular formula is C26H30F4N6O3. The largest absolute Gasteiger partial charge is 0.493 e. The van der Waals surface area contributed by atoms with Crippen LogP contribution in [0.4, 0.5) is 33.9 Å². The zero-order valence-electron chi connectivity index (χ0n) is 22.2. The number of aryl methyl sites for hydroxylation is 1. The minimum Gasteiger partial charge on any atom is -0.493 e. The molecule has 13 heteroatoms. The molecule has 0 aliphatic carbocycles. The van der Waals surface area contributed by atoms with Crippen molar-refractivity contribution in [1.82, 2.24) is 19.8 Å². The third kappa shape index (κ3) is 5.92. The lowest BCUT2D eigenvalue weighted by molar-refractivity contribution is -0.140. The number of likely N-dealkylation sites (N-methyl/N-ethyl adjacent to an activating group) is 1. The number of benzene rings is 2. The maximum absolute atomic E-state index is 14.9. The highest BCUT2D eigenvalue weighted by molar-refractivity contribution is 5.92. The number of methoxy groups -OCH3 is 1. The highest BCUT2D eigenvalue weighted by Gasteiger charge is 2.36. The fraction of sp³-hybridized carbons (Fsp3) is 0.423. The van der Waals surface area contributed by atoms with Gasteiger partial charge in [0.25, 0.3) is 0 Å². The Morgan fingerprint density at radius 1 is 1.18 bits per heavy atom. The maximum Gasteiger partial charge on any atom is 0.419 e. The van der Waals surface area contributed by atoms with Gasteiger partial charge in [-0.2, -0.15) is 13.2 Å². The van der Waals surface area contributed by atoms with E-state index in [-0.39, 0.29) is 34.6 Å². The smallest absolute Gasteiger partial charge is 0.419 e. The van der Waals surface area contributed by atoms with E-state index in [0.717, 1.165) is 6.07 Å². The quantitative estimate of drug-likeness (QED) is 0.338. The van der Waals surface area contributed by atoms with Crippen LogP contribution in [0.2, 0.25) is 0 Å². The van der Waals surface area contributed by atoms with E-state index in [1.807, 2.05) is 14.0 Å². The first-order chi connectivity index (χ1) is 18.3. The normalized spacial score (nSPS) is 17.3. The SMILES string of the molecule is COc1cc2nc(C)nc(N[C@H](C)c3cc(N)cc(C(F)(F)F)c3F)c2cc1OC(=O)N1CCN(C)C[C@@H]1C. The third-order valence-corrected chi connectivity index (χ3v) is 6.60. The molecule has 0 saturated carbocycles. The molecule has 39 heavy (non-hydrogen) atoms. The molecular weight excluding hydrogens is 520 g/mol. The number of ether oxygens (including phenoxy) is 2. The van der Waals surface area contributed by atoms with Crippen molar-refractivity contribution in [2.24, 2.45) is 0 Å². The minimum absolute atomic E-state index is 0.0680. The lowest BCUT2D eigenvalue weighted by atomic mass is 10.0. The number of amides is 1. The second-order valence-corrected chi connectivity index (χ2v) is 9.65. The number of fused-ring (bicyclic) bond motifs is 1. The number of nitrogens with one attached hydrogen (secondary N) is 1. The summed E-state index contributed by atoms with van der Waals surface area (Å²) < 4.78 is 66.1. The lowest BCUT2D eigenvalue weighted by Gasteiger charge is -2.37. The molecule has 3 aromatic rings. The van der Waals surface area contributed by atoms with Crippen LogP contribution in [-0.4, -0.2) is 65.7 Å². The van der Waals surface area contributed by atoms with Crippen molar-refractivity contribution < 1.29 is 31.8 Å². The Labute approximate surface area is 222 Å². The van der Waals surface area contributed by atoms with Crippen molar-refractivity contribution in [3.63, 3.8) is 0 Å². The van der Waals surface area contributed by atoms with Crippen LogP contribution in [0.3, 0.4) is 0 Å². The Morgan fingerprint density at radius 3 is 2.54 bits per heavy atom. The summed E-state index contributed by atoms with van der Waals surface area (Å²) in [6.45, 7) is 6.93. The van der Waals surface area contributed by atoms with E-state index in [0.29, 0.717) is 42.4 Å². The van der Waals surface area contributed by atoms with E-state index in [9.17, 15) is 22.4 Å². The van der Waals surface area contributed by atoms with Crippen LogP contribution in [0, 0.1) is 12.7 Å². The van der Waals surface area contributed by atoms with Crippen LogP contribution in [0.15, 0.2) is 24.3 Å². The number of hydrogen-bond acceptors (Lipinski definition) is 8. The summed E-state index contributed by atoms with van der Waals surface area (Å²) in [7, 11) is 3.40. The fourth-order valence-electron chi connectivity index (χ4n) is 4.64. The van der Waals surface area contributed by atoms with Crippen molar-refractivity contribution in [2.45, 2.75) is 39.0 Å². The van der Waals surface area contributed by atoms with Crippen molar-refractivity contribution in [1.29, 1.82) is 0 Å². The van der Waals surface area contributed by atoms with Gasteiger partial charge in [0, 0.05) is 48.4 Å². The molecule has 4 rings (SSSR count). The zero-order valence-corrected chi connectivity index (χ0v) is 22.2. The van der Waals surface area contributed by atoms with Gasteiger partial charge in [0.1, 0.15) is 17.5 Å². The summed E-state index contributed by atoms with van der Waals surface area (Å²) >= 11 is 0. The molecule has 1 saturated heterocycles. The molecule has 1 aromatic heterocycles. The number of nitrogens with two attached hydrogens (primary N) is 1. The van der Waals surface area contributed by atoms with Gasteiger partial charge in [0.15, 0.2) is 11.5 Å². The minimum atomic E-state index is -4.91. The zero-order chi connectivity index (χ0) is 28.6. The number of carbonyl (C=O) groups is 1. The molecule has 2 heterocycles. The molecule has 9 nitrogen and oxygen atoms in total. The number of halogens is 4. The molecule has 210 valence electrons. The van der Waals surface area contributed by atoms with Crippen LogP contribution < -0.4 is 20.5 Å². The highest BCUT2D eigenvalue weighted by Crippen LogP contribution is 2.38. The molecule has 2 atom stereocenters. The first-order valence-corrected chi connectivity index (χ1v) is 12.2. The number of anilines is 2. The Kier molecular flexibility index (Phi) is 7.73. The summed E-state index contributed by atoms with van der Waals surface area (Å²) in [5, 5.41) is 3.36. The van der Waals surface area contributed by atoms with Gasteiger partial charge in [-0.15, -0.1) is 0 Å². The Morgan fingerprint density at radius 2 is 1.90 bits per heavy atom. The number of nitrogens with zero attached hydrogens (tertiary/aromatic N) is 4. The first kappa shape index (κ1) is 28.1. The van der Waals surface area contributed by atoms with Gasteiger partial charge in [-0.05, 0) is 46.0 Å². The molecule has 0 bridgehead atoms. The number of piperazine rings is 1. The number of aromatic nitrogens is 2. The van der Waals surface area contributed by atoms with Crippen LogP contribution in [0.1, 0.15) is 36.8 Å². The average Bonchev–Trinajstić information content (AvgIpc) is 2.84. The molecule has 2 aromatic carbocycles. The second kappa shape index (κ2) is 10.7. The van der Waals surface area contributed by atoms with Crippen LogP contribution in [0.5, 0.6) is 11.5 Å². The van der Waals surface area contributed by atoms with Crippen molar-refractivity contribution in [2.75, 3.05) is 44.8 Å². The monoisotopic (exact) mass is 550 g/mol. The van der Waals surface area contributed by atoms with Gasteiger partial charge in [-0.3, -0.25) is 0 Å². The molecule has 0 unspecified atom stereocenters. The standard InChI is InChI=1S/C26H30F4N6O3/c1-13-12-35(4)6-7-36(13)25(37)39-22-10-18-20(11-21(22)38-5)33-15(3)34-24(18)32-14(2)17-8-16(31)9-19(23(17)27)26(28,29)30/h8-11,13-14H,6-7,12,31H2,1-5H3,(H,32,33,34)/t13-,14+/m0/s1. The van der Waals surface area contributed by atoms with Crippen LogP contribution in [-0.2, 0) is 6.18 Å². The maximum atomic E-state index is 14.9. The number of hydrogen-bond donors (Lipinski definition) is 2. The third-order valence-electron chi connectivity index (χ3n) is 6.60. The van der Waals surface area contributed by atoms with Gasteiger partial charge in [0.05, 0.1) is 24.2 Å². The van der Waals surface area contributed by atoms with E-state index in [1.54, 1.807) is 17.9 Å². The molecule has 0 spiro atoms. The Balaban J connectivity index is 1.71. The lowest BCUT2D eigenvalue weighted by Crippen LogP contribution is -2.53. The topological polar surface area (TPSA) is 106 Å². The summed E-state index contributed by atoms with van der Waals surface area (Å²) in [5.74, 6) is -0.512. The molecule has 1 amide bonds. The Bertz CT molecular complexity index is 1400. The molecule has 1 aliphatic heterocycles. The van der Waals surface area contributed by atoms with Gasteiger partial charge < -0.3 is 30.3 Å². The number of carbonyl (C=O) groups excluding carboxylic acids is 1. The predicted molar refractivity (Wildman–Crippen MR) is 138 cm³/mol. The van der Waals surface area contributed by atoms with Gasteiger partial charge in [-0.25, -0.2) is 19.2 Å². The average molecular weight is 551 g/mol. The summed E-state index contributed by atoms with van der Waals surface area (Å²) in [4.78, 5) is 25.5. The second-order valence-electron chi connectivity index (χ2n) is 9.65. The van der Waals surface area contributed by atoms with Gasteiger partial charge >= 0.3 is 12.3 Å². The summed E-state index contributed by atoms with van der Waals surface area (Å²) in [6, 6.07) is 3.75. The van der Waals surface area contributed by atoms with E-state index < -0.39 is 29.7 Å². The number of nitrogen functional groups attached to an aromatic ring is 1. The highest BCUT2D eigenvalue weighted by atomic mass is 19.4. The molecule has 3 N–H and O–H groups in total. The number of alkyl halides is 3. The van der Waals surface area contributed by atoms with Gasteiger partial charge in [0.2, 0.25) is 0 Å². The first-order valence-electron chi connectivity index (χ1n) is 12.2. The van der Waals surface area contributed by atoms with Crippen molar-refractivity contribution >= 4 is 28.5 Å². The van der Waals surface area contributed by atoms with E-state index in [1.165, 1.54) is 20.1 Å². The fourth-order valence-corrected chi connectivity index (χ4v) is 4.64. The van der Waals surface area contributed by atoms with Crippen molar-refractivity contribution in [3.05, 3.63) is 47.0 Å². The van der Waals surface area contributed by atoms with E-state index >= 15 is 0 Å². The van der Waals surface area contributed by atoms with Crippen molar-refractivity contribution in [3.8, 4) is 11.5 Å². The van der Waals surface area contributed by atoms with Crippen LogP contribution >= 0.6 is 0 Å². The van der Waals surface area contributed by atoms with E-state index in [2.05, 4.69) is 20.2 Å². The van der Waals surface area contributed by atoms with E-state index in [4.69, 9.17) is 15.2 Å². The Hall–Kier alpha value is -3.87. The molecule has 1 fully saturated rings. The summed E-state index contributed by atoms with van der Waals surface area (Å²) in [6.07, 6.45) is -5.46. The molecule has 1 aliphatic rings.